The molecule has 120 valence electrons. The van der Waals surface area contributed by atoms with Gasteiger partial charge < -0.3 is 4.90 Å². The molecule has 1 saturated heterocycles. The van der Waals surface area contributed by atoms with Crippen LogP contribution in [0.2, 0.25) is 0 Å². The molecule has 1 N–H and O–H groups in total. The zero-order chi connectivity index (χ0) is 15.6. The minimum atomic E-state index is -3.46. The van der Waals surface area contributed by atoms with Crippen molar-refractivity contribution in [2.24, 2.45) is 5.92 Å². The fourth-order valence-electron chi connectivity index (χ4n) is 3.08. The number of likely N-dealkylation sites (tertiary alicyclic amines) is 1. The number of aromatic nitrogens is 2. The van der Waals surface area contributed by atoms with Gasteiger partial charge in [0.15, 0.2) is 0 Å². The second-order valence-corrected chi connectivity index (χ2v) is 7.64. The SMILES string of the molecule is CCN1CCC(CN(CC)S(=O)(=O)c2c(C)n[nH]c2C)C1. The Morgan fingerprint density at radius 1 is 1.38 bits per heavy atom. The highest BCUT2D eigenvalue weighted by molar-refractivity contribution is 7.89. The Bertz CT molecular complexity index is 562. The fourth-order valence-corrected chi connectivity index (χ4v) is 4.94. The molecule has 1 aliphatic rings. The van der Waals surface area contributed by atoms with Gasteiger partial charge in [0.2, 0.25) is 10.0 Å². The molecular formula is C14H26N4O2S. The summed E-state index contributed by atoms with van der Waals surface area (Å²) >= 11 is 0. The van der Waals surface area contributed by atoms with Gasteiger partial charge in [-0.1, -0.05) is 13.8 Å². The molecule has 0 spiro atoms. The van der Waals surface area contributed by atoms with E-state index in [1.165, 1.54) is 0 Å². The summed E-state index contributed by atoms with van der Waals surface area (Å²) in [6.45, 7) is 11.7. The maximum Gasteiger partial charge on any atom is 0.246 e. The minimum absolute atomic E-state index is 0.342. The van der Waals surface area contributed by atoms with Crippen molar-refractivity contribution in [3.8, 4) is 0 Å². The topological polar surface area (TPSA) is 69.3 Å². The van der Waals surface area contributed by atoms with Gasteiger partial charge >= 0.3 is 0 Å². The third-order valence-corrected chi connectivity index (χ3v) is 6.49. The summed E-state index contributed by atoms with van der Waals surface area (Å²) in [5.41, 5.74) is 1.17. The first-order valence-electron chi connectivity index (χ1n) is 7.64. The molecule has 0 saturated carbocycles. The van der Waals surface area contributed by atoms with Gasteiger partial charge in [0.05, 0.1) is 11.4 Å². The van der Waals surface area contributed by atoms with E-state index in [9.17, 15) is 8.42 Å². The van der Waals surface area contributed by atoms with Gasteiger partial charge in [-0.2, -0.15) is 9.40 Å². The Labute approximate surface area is 127 Å². The highest BCUT2D eigenvalue weighted by Gasteiger charge is 2.32. The lowest BCUT2D eigenvalue weighted by molar-refractivity contribution is 0.314. The largest absolute Gasteiger partial charge is 0.303 e. The van der Waals surface area contributed by atoms with E-state index in [0.717, 1.165) is 26.1 Å². The number of hydrogen-bond acceptors (Lipinski definition) is 4. The average molecular weight is 314 g/mol. The molecule has 0 amide bonds. The molecule has 1 unspecified atom stereocenters. The van der Waals surface area contributed by atoms with Crippen LogP contribution in [0.1, 0.15) is 31.7 Å². The zero-order valence-electron chi connectivity index (χ0n) is 13.4. The Morgan fingerprint density at radius 2 is 2.10 bits per heavy atom. The quantitative estimate of drug-likeness (QED) is 0.861. The third kappa shape index (κ3) is 3.30. The second kappa shape index (κ2) is 6.46. The zero-order valence-corrected chi connectivity index (χ0v) is 14.2. The lowest BCUT2D eigenvalue weighted by Gasteiger charge is -2.24. The molecule has 0 aromatic carbocycles. The van der Waals surface area contributed by atoms with Crippen molar-refractivity contribution in [1.29, 1.82) is 0 Å². The van der Waals surface area contributed by atoms with Gasteiger partial charge in [-0.15, -0.1) is 0 Å². The fraction of sp³-hybridized carbons (Fsp3) is 0.786. The Morgan fingerprint density at radius 3 is 2.57 bits per heavy atom. The molecule has 6 nitrogen and oxygen atoms in total. The number of H-pyrrole nitrogens is 1. The van der Waals surface area contributed by atoms with E-state index < -0.39 is 10.0 Å². The average Bonchev–Trinajstić information content (AvgIpc) is 3.02. The predicted octanol–water partition coefficient (Wildman–Crippen LogP) is 1.38. The van der Waals surface area contributed by atoms with Crippen molar-refractivity contribution in [2.45, 2.75) is 39.0 Å². The maximum atomic E-state index is 12.9. The molecule has 7 heteroatoms. The van der Waals surface area contributed by atoms with E-state index in [2.05, 4.69) is 22.0 Å². The number of aryl methyl sites for hydroxylation is 2. The summed E-state index contributed by atoms with van der Waals surface area (Å²) in [7, 11) is -3.46. The van der Waals surface area contributed by atoms with Gasteiger partial charge in [0, 0.05) is 19.6 Å². The van der Waals surface area contributed by atoms with Gasteiger partial charge in [0.1, 0.15) is 4.90 Å². The van der Waals surface area contributed by atoms with Crippen LogP contribution >= 0.6 is 0 Å². The summed E-state index contributed by atoms with van der Waals surface area (Å²) < 4.78 is 27.3. The highest BCUT2D eigenvalue weighted by Crippen LogP contribution is 2.24. The Kier molecular flexibility index (Phi) is 5.06. The molecule has 1 aromatic heterocycles. The van der Waals surface area contributed by atoms with Crippen LogP contribution in [0.4, 0.5) is 0 Å². The van der Waals surface area contributed by atoms with Crippen LogP contribution in [0.25, 0.3) is 0 Å². The van der Waals surface area contributed by atoms with Crippen molar-refractivity contribution in [3.05, 3.63) is 11.4 Å². The van der Waals surface area contributed by atoms with Crippen molar-refractivity contribution < 1.29 is 8.42 Å². The summed E-state index contributed by atoms with van der Waals surface area (Å²) in [5.74, 6) is 0.423. The number of rotatable bonds is 6. The van der Waals surface area contributed by atoms with Crippen molar-refractivity contribution in [1.82, 2.24) is 19.4 Å². The first-order chi connectivity index (χ1) is 9.90. The van der Waals surface area contributed by atoms with Crippen LogP contribution in [0.3, 0.4) is 0 Å². The highest BCUT2D eigenvalue weighted by atomic mass is 32.2. The molecule has 1 atom stereocenters. The lowest BCUT2D eigenvalue weighted by Crippen LogP contribution is -2.36. The molecule has 0 aliphatic carbocycles. The smallest absolute Gasteiger partial charge is 0.246 e. The Hall–Kier alpha value is -0.920. The van der Waals surface area contributed by atoms with Crippen molar-refractivity contribution >= 4 is 10.0 Å². The van der Waals surface area contributed by atoms with Crippen LogP contribution in [0.5, 0.6) is 0 Å². The van der Waals surface area contributed by atoms with Crippen molar-refractivity contribution in [3.63, 3.8) is 0 Å². The predicted molar refractivity (Wildman–Crippen MR) is 82.7 cm³/mol. The summed E-state index contributed by atoms with van der Waals surface area (Å²) in [4.78, 5) is 2.72. The normalized spacial score (nSPS) is 20.5. The molecule has 0 radical (unpaired) electrons. The van der Waals surface area contributed by atoms with Crippen LogP contribution in [0, 0.1) is 19.8 Å². The molecule has 2 heterocycles. The number of hydrogen-bond donors (Lipinski definition) is 1. The van der Waals surface area contributed by atoms with Gasteiger partial charge in [-0.3, -0.25) is 5.10 Å². The maximum absolute atomic E-state index is 12.9. The van der Waals surface area contributed by atoms with Gasteiger partial charge in [0.25, 0.3) is 0 Å². The first-order valence-corrected chi connectivity index (χ1v) is 9.08. The van der Waals surface area contributed by atoms with E-state index >= 15 is 0 Å². The van der Waals surface area contributed by atoms with Crippen LogP contribution < -0.4 is 0 Å². The minimum Gasteiger partial charge on any atom is -0.303 e. The van der Waals surface area contributed by atoms with E-state index in [1.807, 2.05) is 6.92 Å². The Balaban J connectivity index is 2.17. The monoisotopic (exact) mass is 314 g/mol. The van der Waals surface area contributed by atoms with Crippen molar-refractivity contribution in [2.75, 3.05) is 32.7 Å². The number of nitrogens with one attached hydrogen (secondary N) is 1. The third-order valence-electron chi connectivity index (χ3n) is 4.29. The van der Waals surface area contributed by atoms with E-state index in [1.54, 1.807) is 18.2 Å². The summed E-state index contributed by atoms with van der Waals surface area (Å²) in [6.07, 6.45) is 1.07. The molecule has 1 fully saturated rings. The molecule has 2 rings (SSSR count). The number of sulfonamides is 1. The lowest BCUT2D eigenvalue weighted by atomic mass is 10.1. The summed E-state index contributed by atoms with van der Waals surface area (Å²) in [6, 6.07) is 0. The van der Waals surface area contributed by atoms with E-state index in [0.29, 0.717) is 35.3 Å². The van der Waals surface area contributed by atoms with Crippen LogP contribution in [-0.4, -0.2) is 60.5 Å². The molecular weight excluding hydrogens is 288 g/mol. The first kappa shape index (κ1) is 16.5. The van der Waals surface area contributed by atoms with Gasteiger partial charge in [-0.05, 0) is 39.3 Å². The van der Waals surface area contributed by atoms with E-state index in [-0.39, 0.29) is 0 Å². The van der Waals surface area contributed by atoms with Crippen LogP contribution in [-0.2, 0) is 10.0 Å². The van der Waals surface area contributed by atoms with Crippen LogP contribution in [0.15, 0.2) is 4.90 Å². The number of nitrogens with zero attached hydrogens (tertiary/aromatic N) is 3. The van der Waals surface area contributed by atoms with Gasteiger partial charge in [-0.25, -0.2) is 8.42 Å². The second-order valence-electron chi connectivity index (χ2n) is 5.77. The molecule has 1 aromatic rings. The summed E-state index contributed by atoms with van der Waals surface area (Å²) in [5, 5.41) is 6.78. The molecule has 0 bridgehead atoms. The molecule has 21 heavy (non-hydrogen) atoms. The number of aromatic amines is 1. The van der Waals surface area contributed by atoms with E-state index in [4.69, 9.17) is 0 Å². The molecule has 1 aliphatic heterocycles. The standard InChI is InChI=1S/C14H26N4O2S/c1-5-17-8-7-13(9-17)10-18(6-2)21(19,20)14-11(3)15-16-12(14)4/h13H,5-10H2,1-4H3,(H,15,16).